The molecule has 2 aromatic rings. The summed E-state index contributed by atoms with van der Waals surface area (Å²) < 4.78 is 5.75. The molecule has 3 rings (SSSR count). The van der Waals surface area contributed by atoms with Crippen LogP contribution in [0.1, 0.15) is 5.56 Å². The summed E-state index contributed by atoms with van der Waals surface area (Å²) in [7, 11) is 0. The minimum Gasteiger partial charge on any atom is -0.492 e. The number of hydrogen-bond acceptors (Lipinski definition) is 3. The third-order valence-corrected chi connectivity index (χ3v) is 4.94. The van der Waals surface area contributed by atoms with Crippen LogP contribution in [0.25, 0.3) is 0 Å². The van der Waals surface area contributed by atoms with E-state index in [0.29, 0.717) is 28.1 Å². The minimum atomic E-state index is 0. The summed E-state index contributed by atoms with van der Waals surface area (Å²) in [6, 6.07) is 15.2. The highest BCUT2D eigenvalue weighted by Crippen LogP contribution is 2.26. The number of para-hydroxylation sites is 1. The van der Waals surface area contributed by atoms with Crippen LogP contribution in [-0.4, -0.2) is 55.0 Å². The van der Waals surface area contributed by atoms with Crippen molar-refractivity contribution >= 4 is 53.9 Å². The van der Waals surface area contributed by atoms with E-state index in [2.05, 4.69) is 4.90 Å². The molecule has 2 aromatic carbocycles. The predicted molar refractivity (Wildman–Crippen MR) is 118 cm³/mol. The van der Waals surface area contributed by atoms with Crippen LogP contribution < -0.4 is 4.74 Å². The Balaban J connectivity index is 0.00000182. The zero-order chi connectivity index (χ0) is 17.6. The molecule has 1 N–H and O–H groups in total. The number of hydrogen-bond donors (Lipinski definition) is 1. The first-order valence-electron chi connectivity index (χ1n) is 8.33. The van der Waals surface area contributed by atoms with Gasteiger partial charge >= 0.3 is 0 Å². The maximum atomic E-state index is 8.44. The van der Waals surface area contributed by atoms with Gasteiger partial charge in [-0.15, -0.1) is 24.8 Å². The van der Waals surface area contributed by atoms with Gasteiger partial charge < -0.3 is 9.64 Å². The van der Waals surface area contributed by atoms with Gasteiger partial charge in [-0.25, -0.2) is 0 Å². The van der Waals surface area contributed by atoms with Crippen molar-refractivity contribution in [2.75, 3.05) is 39.3 Å². The van der Waals surface area contributed by atoms with Crippen molar-refractivity contribution in [2.45, 2.75) is 0 Å². The number of nitrogens with one attached hydrogen (secondary N) is 1. The van der Waals surface area contributed by atoms with Gasteiger partial charge in [0.2, 0.25) is 0 Å². The summed E-state index contributed by atoms with van der Waals surface area (Å²) >= 11 is 12.4. The summed E-state index contributed by atoms with van der Waals surface area (Å²) in [5, 5.41) is 9.48. The Labute approximate surface area is 182 Å². The Morgan fingerprint density at radius 2 is 1.48 bits per heavy atom. The molecule has 0 spiro atoms. The number of benzene rings is 2. The Hall–Kier alpha value is -1.17. The topological polar surface area (TPSA) is 39.6 Å². The average Bonchev–Trinajstić information content (AvgIpc) is 2.63. The number of ether oxygens (including phenoxy) is 1. The van der Waals surface area contributed by atoms with Crippen molar-refractivity contribution in [3.63, 3.8) is 0 Å². The molecule has 4 nitrogen and oxygen atoms in total. The lowest BCUT2D eigenvalue weighted by Gasteiger charge is -2.36. The molecule has 0 aromatic heterocycles. The molecule has 8 heteroatoms. The van der Waals surface area contributed by atoms with Crippen LogP contribution in [0.3, 0.4) is 0 Å². The molecule has 0 bridgehead atoms. The zero-order valence-electron chi connectivity index (χ0n) is 14.7. The molecule has 0 aliphatic carbocycles. The van der Waals surface area contributed by atoms with Gasteiger partial charge in [0.05, 0.1) is 15.6 Å². The van der Waals surface area contributed by atoms with Gasteiger partial charge in [-0.3, -0.25) is 10.3 Å². The third kappa shape index (κ3) is 6.44. The van der Waals surface area contributed by atoms with E-state index in [9.17, 15) is 0 Å². The zero-order valence-corrected chi connectivity index (χ0v) is 17.9. The van der Waals surface area contributed by atoms with E-state index >= 15 is 0 Å². The fraction of sp³-hybridized carbons (Fsp3) is 0.316. The van der Waals surface area contributed by atoms with Crippen LogP contribution in [0.15, 0.2) is 48.5 Å². The molecule has 1 saturated heterocycles. The Morgan fingerprint density at radius 1 is 0.889 bits per heavy atom. The smallest absolute Gasteiger partial charge is 0.131 e. The number of rotatable bonds is 5. The van der Waals surface area contributed by atoms with E-state index < -0.39 is 0 Å². The summed E-state index contributed by atoms with van der Waals surface area (Å²) in [5.74, 6) is 1.30. The van der Waals surface area contributed by atoms with Crippen molar-refractivity contribution in [1.29, 1.82) is 5.41 Å². The van der Waals surface area contributed by atoms with Gasteiger partial charge in [-0.2, -0.15) is 0 Å². The molecule has 0 saturated carbocycles. The lowest BCUT2D eigenvalue weighted by molar-refractivity contribution is 0.154. The van der Waals surface area contributed by atoms with E-state index in [4.69, 9.17) is 33.3 Å². The Morgan fingerprint density at radius 3 is 2.07 bits per heavy atom. The highest BCUT2D eigenvalue weighted by Gasteiger charge is 2.22. The van der Waals surface area contributed by atoms with Gasteiger partial charge in [-0.1, -0.05) is 47.5 Å². The molecule has 148 valence electrons. The number of halogens is 4. The van der Waals surface area contributed by atoms with E-state index in [1.807, 2.05) is 35.2 Å². The van der Waals surface area contributed by atoms with Crippen molar-refractivity contribution in [2.24, 2.45) is 0 Å². The molecule has 1 aliphatic rings. The van der Waals surface area contributed by atoms with Gasteiger partial charge in [0, 0.05) is 32.7 Å². The van der Waals surface area contributed by atoms with Crippen LogP contribution >= 0.6 is 48.0 Å². The number of amidine groups is 1. The lowest BCUT2D eigenvalue weighted by atomic mass is 10.1. The second-order valence-corrected chi connectivity index (χ2v) is 6.75. The van der Waals surface area contributed by atoms with Crippen LogP contribution in [0.2, 0.25) is 10.0 Å². The van der Waals surface area contributed by atoms with Gasteiger partial charge in [-0.05, 0) is 24.3 Å². The van der Waals surface area contributed by atoms with Crippen LogP contribution in [0, 0.1) is 5.41 Å². The fourth-order valence-electron chi connectivity index (χ4n) is 2.89. The largest absolute Gasteiger partial charge is 0.492 e. The second kappa shape index (κ2) is 11.6. The van der Waals surface area contributed by atoms with E-state index in [-0.39, 0.29) is 24.8 Å². The predicted octanol–water partition coefficient (Wildman–Crippen LogP) is 4.86. The fourth-order valence-corrected chi connectivity index (χ4v) is 3.46. The summed E-state index contributed by atoms with van der Waals surface area (Å²) in [6.45, 7) is 4.89. The maximum absolute atomic E-state index is 8.44. The van der Waals surface area contributed by atoms with Crippen LogP contribution in [-0.2, 0) is 0 Å². The molecule has 0 radical (unpaired) electrons. The van der Waals surface area contributed by atoms with Crippen molar-refractivity contribution < 1.29 is 4.74 Å². The molecule has 0 unspecified atom stereocenters. The lowest BCUT2D eigenvalue weighted by Crippen LogP contribution is -2.49. The molecular formula is C19H23Cl4N3O. The van der Waals surface area contributed by atoms with Crippen LogP contribution in [0.4, 0.5) is 0 Å². The second-order valence-electron chi connectivity index (χ2n) is 5.94. The van der Waals surface area contributed by atoms with Gasteiger partial charge in [0.1, 0.15) is 18.2 Å². The van der Waals surface area contributed by atoms with Crippen molar-refractivity contribution in [1.82, 2.24) is 9.80 Å². The van der Waals surface area contributed by atoms with E-state index in [0.717, 1.165) is 38.5 Å². The molecule has 0 atom stereocenters. The molecule has 1 aliphatic heterocycles. The molecule has 0 amide bonds. The molecule has 27 heavy (non-hydrogen) atoms. The molecule has 1 fully saturated rings. The summed E-state index contributed by atoms with van der Waals surface area (Å²) in [4.78, 5) is 4.38. The van der Waals surface area contributed by atoms with Crippen LogP contribution in [0.5, 0.6) is 5.75 Å². The van der Waals surface area contributed by atoms with Crippen molar-refractivity contribution in [3.8, 4) is 5.75 Å². The summed E-state index contributed by atoms with van der Waals surface area (Å²) in [6.07, 6.45) is 0. The minimum absolute atomic E-state index is 0. The molecular weight excluding hydrogens is 428 g/mol. The SMILES string of the molecule is Cl.Cl.N=C(c1c(Cl)cccc1Cl)N1CCN(CCOc2ccccc2)CC1. The average molecular weight is 451 g/mol. The first-order chi connectivity index (χ1) is 12.1. The number of piperazine rings is 1. The first kappa shape index (κ1) is 23.9. The Bertz CT molecular complexity index is 702. The normalized spacial score (nSPS) is 14.1. The van der Waals surface area contributed by atoms with Gasteiger partial charge in [0.25, 0.3) is 0 Å². The van der Waals surface area contributed by atoms with E-state index in [1.54, 1.807) is 18.2 Å². The molecule has 1 heterocycles. The first-order valence-corrected chi connectivity index (χ1v) is 9.09. The maximum Gasteiger partial charge on any atom is 0.131 e. The van der Waals surface area contributed by atoms with E-state index in [1.165, 1.54) is 0 Å². The highest BCUT2D eigenvalue weighted by molar-refractivity contribution is 6.39. The van der Waals surface area contributed by atoms with Crippen molar-refractivity contribution in [3.05, 3.63) is 64.1 Å². The monoisotopic (exact) mass is 449 g/mol. The Kier molecular flexibility index (Phi) is 10.3. The standard InChI is InChI=1S/C19H21Cl2N3O.2ClH/c20-16-7-4-8-17(21)18(16)19(22)24-11-9-23(10-12-24)13-14-25-15-5-2-1-3-6-15;;/h1-8,22H,9-14H2;2*1H. The highest BCUT2D eigenvalue weighted by atomic mass is 35.5. The summed E-state index contributed by atoms with van der Waals surface area (Å²) in [5.41, 5.74) is 0.617. The third-order valence-electron chi connectivity index (χ3n) is 4.31. The quantitative estimate of drug-likeness (QED) is 0.522. The number of nitrogens with zero attached hydrogens (tertiary/aromatic N) is 2. The van der Waals surface area contributed by atoms with Gasteiger partial charge in [0.15, 0.2) is 0 Å².